The Labute approximate surface area is 113 Å². The molecular weight excluding hydrogens is 242 g/mol. The van der Waals surface area contributed by atoms with Gasteiger partial charge in [0.2, 0.25) is 5.91 Å². The van der Waals surface area contributed by atoms with E-state index in [-0.39, 0.29) is 11.8 Å². The van der Waals surface area contributed by atoms with Crippen LogP contribution in [0.2, 0.25) is 0 Å². The van der Waals surface area contributed by atoms with Crippen LogP contribution in [0.1, 0.15) is 24.2 Å². The summed E-state index contributed by atoms with van der Waals surface area (Å²) in [6.07, 6.45) is 0. The Balaban J connectivity index is 2.34. The number of piperazine rings is 1. The molecular formula is C14H19N3O2. The third-order valence-electron chi connectivity index (χ3n) is 3.64. The van der Waals surface area contributed by atoms with E-state index in [2.05, 4.69) is 0 Å². The number of anilines is 1. The van der Waals surface area contributed by atoms with Crippen LogP contribution in [-0.2, 0) is 4.79 Å². The molecule has 1 fully saturated rings. The quantitative estimate of drug-likeness (QED) is 0.766. The van der Waals surface area contributed by atoms with Gasteiger partial charge < -0.3 is 15.5 Å². The van der Waals surface area contributed by atoms with Crippen molar-refractivity contribution in [1.29, 1.82) is 0 Å². The minimum Gasteiger partial charge on any atom is -0.398 e. The highest BCUT2D eigenvalue weighted by molar-refractivity contribution is 6.02. The fourth-order valence-electron chi connectivity index (χ4n) is 2.41. The van der Waals surface area contributed by atoms with Crippen LogP contribution >= 0.6 is 0 Å². The molecule has 1 aliphatic heterocycles. The van der Waals surface area contributed by atoms with Gasteiger partial charge >= 0.3 is 0 Å². The molecule has 0 saturated carbocycles. The van der Waals surface area contributed by atoms with Gasteiger partial charge in [-0.25, -0.2) is 0 Å². The van der Waals surface area contributed by atoms with Gasteiger partial charge in [0.1, 0.15) is 5.54 Å². The van der Waals surface area contributed by atoms with Crippen LogP contribution in [0.15, 0.2) is 24.3 Å². The molecule has 19 heavy (non-hydrogen) atoms. The summed E-state index contributed by atoms with van der Waals surface area (Å²) in [5.41, 5.74) is 5.89. The molecule has 5 heteroatoms. The van der Waals surface area contributed by atoms with Gasteiger partial charge in [0.15, 0.2) is 0 Å². The largest absolute Gasteiger partial charge is 0.398 e. The summed E-state index contributed by atoms with van der Waals surface area (Å²) in [6.45, 7) is 4.59. The van der Waals surface area contributed by atoms with Crippen LogP contribution in [0.25, 0.3) is 0 Å². The van der Waals surface area contributed by atoms with Gasteiger partial charge in [-0.2, -0.15) is 0 Å². The first kappa shape index (κ1) is 13.4. The Hall–Kier alpha value is -2.04. The van der Waals surface area contributed by atoms with Gasteiger partial charge in [-0.1, -0.05) is 12.1 Å². The predicted octanol–water partition coefficient (Wildman–Crippen LogP) is 0.962. The lowest BCUT2D eigenvalue weighted by molar-refractivity contribution is -0.144. The molecule has 0 bridgehead atoms. The first-order valence-corrected chi connectivity index (χ1v) is 6.27. The molecule has 2 N–H and O–H groups in total. The lowest BCUT2D eigenvalue weighted by Gasteiger charge is -2.44. The molecule has 5 nitrogen and oxygen atoms in total. The minimum atomic E-state index is -0.841. The van der Waals surface area contributed by atoms with E-state index < -0.39 is 5.54 Å². The summed E-state index contributed by atoms with van der Waals surface area (Å²) >= 11 is 0. The van der Waals surface area contributed by atoms with Crippen LogP contribution in [-0.4, -0.2) is 47.3 Å². The van der Waals surface area contributed by atoms with Gasteiger partial charge in [-0.3, -0.25) is 9.59 Å². The SMILES string of the molecule is CN1CCN(C(=O)c2ccccc2N)C(C)(C)C1=O. The zero-order valence-electron chi connectivity index (χ0n) is 11.5. The third kappa shape index (κ3) is 2.16. The van der Waals surface area contributed by atoms with Gasteiger partial charge in [-0.15, -0.1) is 0 Å². The van der Waals surface area contributed by atoms with Crippen molar-refractivity contribution in [3.8, 4) is 0 Å². The van der Waals surface area contributed by atoms with Crippen molar-refractivity contribution < 1.29 is 9.59 Å². The van der Waals surface area contributed by atoms with Crippen molar-refractivity contribution in [2.75, 3.05) is 25.9 Å². The van der Waals surface area contributed by atoms with E-state index in [0.29, 0.717) is 24.3 Å². The molecule has 2 amide bonds. The fourth-order valence-corrected chi connectivity index (χ4v) is 2.41. The molecule has 102 valence electrons. The topological polar surface area (TPSA) is 66.6 Å². The van der Waals surface area contributed by atoms with Crippen molar-refractivity contribution in [3.63, 3.8) is 0 Å². The number of nitrogen functional groups attached to an aromatic ring is 1. The first-order valence-electron chi connectivity index (χ1n) is 6.27. The minimum absolute atomic E-state index is 0.0541. The summed E-state index contributed by atoms with van der Waals surface area (Å²) < 4.78 is 0. The van der Waals surface area contributed by atoms with Crippen LogP contribution in [0, 0.1) is 0 Å². The Kier molecular flexibility index (Phi) is 3.22. The average molecular weight is 261 g/mol. The Bertz CT molecular complexity index is 525. The van der Waals surface area contributed by atoms with Gasteiger partial charge in [-0.05, 0) is 26.0 Å². The van der Waals surface area contributed by atoms with Gasteiger partial charge in [0, 0.05) is 25.8 Å². The average Bonchev–Trinajstić information content (AvgIpc) is 2.36. The van der Waals surface area contributed by atoms with Crippen LogP contribution in [0.3, 0.4) is 0 Å². The second-order valence-electron chi connectivity index (χ2n) is 5.33. The van der Waals surface area contributed by atoms with E-state index in [1.54, 1.807) is 55.0 Å². The summed E-state index contributed by atoms with van der Waals surface area (Å²) in [6, 6.07) is 6.94. The van der Waals surface area contributed by atoms with Crippen molar-refractivity contribution in [3.05, 3.63) is 29.8 Å². The summed E-state index contributed by atoms with van der Waals surface area (Å²) in [5.74, 6) is -0.244. The monoisotopic (exact) mass is 261 g/mol. The maximum atomic E-state index is 12.6. The Morgan fingerprint density at radius 3 is 2.53 bits per heavy atom. The van der Waals surface area contributed by atoms with E-state index in [4.69, 9.17) is 5.73 Å². The number of rotatable bonds is 1. The summed E-state index contributed by atoms with van der Waals surface area (Å²) in [7, 11) is 1.75. The summed E-state index contributed by atoms with van der Waals surface area (Å²) in [4.78, 5) is 28.0. The molecule has 0 aromatic heterocycles. The van der Waals surface area contributed by atoms with Gasteiger partial charge in [0.25, 0.3) is 5.91 Å². The lowest BCUT2D eigenvalue weighted by atomic mass is 9.96. The van der Waals surface area contributed by atoms with Gasteiger partial charge in [0.05, 0.1) is 5.56 Å². The molecule has 1 aromatic rings. The van der Waals surface area contributed by atoms with Crippen LogP contribution in [0.4, 0.5) is 5.69 Å². The first-order chi connectivity index (χ1) is 8.85. The fraction of sp³-hybridized carbons (Fsp3) is 0.429. The number of nitrogens with two attached hydrogens (primary N) is 1. The number of likely N-dealkylation sites (N-methyl/N-ethyl adjacent to an activating group) is 1. The Morgan fingerprint density at radius 1 is 1.26 bits per heavy atom. The lowest BCUT2D eigenvalue weighted by Crippen LogP contribution is -2.63. The molecule has 0 unspecified atom stereocenters. The number of carbonyl (C=O) groups excluding carboxylic acids is 2. The Morgan fingerprint density at radius 2 is 1.89 bits per heavy atom. The zero-order chi connectivity index (χ0) is 14.2. The third-order valence-corrected chi connectivity index (χ3v) is 3.64. The number of amides is 2. The van der Waals surface area contributed by atoms with E-state index >= 15 is 0 Å². The molecule has 0 spiro atoms. The standard InChI is InChI=1S/C14H19N3O2/c1-14(2)13(19)16(3)8-9-17(14)12(18)10-6-4-5-7-11(10)15/h4-7H,8-9,15H2,1-3H3. The van der Waals surface area contributed by atoms with Crippen molar-refractivity contribution in [1.82, 2.24) is 9.80 Å². The number of hydrogen-bond donors (Lipinski definition) is 1. The van der Waals surface area contributed by atoms with Crippen LogP contribution < -0.4 is 5.73 Å². The normalized spacial score (nSPS) is 18.6. The highest BCUT2D eigenvalue weighted by Gasteiger charge is 2.43. The maximum absolute atomic E-state index is 12.6. The number of carbonyl (C=O) groups is 2. The zero-order valence-corrected chi connectivity index (χ0v) is 11.5. The predicted molar refractivity (Wildman–Crippen MR) is 73.6 cm³/mol. The van der Waals surface area contributed by atoms with Crippen molar-refractivity contribution >= 4 is 17.5 Å². The summed E-state index contributed by atoms with van der Waals surface area (Å²) in [5, 5.41) is 0. The second kappa shape index (κ2) is 4.57. The maximum Gasteiger partial charge on any atom is 0.256 e. The van der Waals surface area contributed by atoms with E-state index in [0.717, 1.165) is 0 Å². The molecule has 2 rings (SSSR count). The highest BCUT2D eigenvalue weighted by atomic mass is 16.2. The van der Waals surface area contributed by atoms with Crippen LogP contribution in [0.5, 0.6) is 0 Å². The molecule has 1 saturated heterocycles. The van der Waals surface area contributed by atoms with E-state index in [9.17, 15) is 9.59 Å². The molecule has 0 aliphatic carbocycles. The highest BCUT2D eigenvalue weighted by Crippen LogP contribution is 2.25. The number of hydrogen-bond acceptors (Lipinski definition) is 3. The molecule has 0 atom stereocenters. The smallest absolute Gasteiger partial charge is 0.256 e. The van der Waals surface area contributed by atoms with E-state index in [1.165, 1.54) is 0 Å². The number of para-hydroxylation sites is 1. The number of benzene rings is 1. The molecule has 1 aromatic carbocycles. The number of nitrogens with zero attached hydrogens (tertiary/aromatic N) is 2. The second-order valence-corrected chi connectivity index (χ2v) is 5.33. The molecule has 1 aliphatic rings. The molecule has 0 radical (unpaired) electrons. The van der Waals surface area contributed by atoms with Crippen molar-refractivity contribution in [2.24, 2.45) is 0 Å². The molecule has 1 heterocycles. The van der Waals surface area contributed by atoms with E-state index in [1.807, 2.05) is 0 Å². The van der Waals surface area contributed by atoms with Crippen molar-refractivity contribution in [2.45, 2.75) is 19.4 Å².